The summed E-state index contributed by atoms with van der Waals surface area (Å²) in [6.07, 6.45) is 3.34. The number of aryl methyl sites for hydroxylation is 1. The first-order chi connectivity index (χ1) is 6.27. The molecule has 2 aromatic heterocycles. The Balaban J connectivity index is 2.53. The van der Waals surface area contributed by atoms with E-state index in [0.717, 1.165) is 16.8 Å². The first kappa shape index (κ1) is 7.86. The highest BCUT2D eigenvalue weighted by Gasteiger charge is 2.03. The van der Waals surface area contributed by atoms with Gasteiger partial charge >= 0.3 is 0 Å². The number of hydrogen-bond donors (Lipinski definition) is 1. The molecule has 0 spiro atoms. The van der Waals surface area contributed by atoms with Crippen LogP contribution in [0.5, 0.6) is 0 Å². The molecule has 0 aromatic carbocycles. The molecule has 0 amide bonds. The zero-order valence-electron chi connectivity index (χ0n) is 7.32. The molecule has 2 N–H and O–H groups in total. The van der Waals surface area contributed by atoms with Gasteiger partial charge in [0.1, 0.15) is 5.82 Å². The Hall–Kier alpha value is -1.77. The number of nitrogen functional groups attached to an aromatic ring is 1. The van der Waals surface area contributed by atoms with Crippen LogP contribution in [0.3, 0.4) is 0 Å². The van der Waals surface area contributed by atoms with Crippen molar-refractivity contribution in [3.63, 3.8) is 0 Å². The number of anilines is 1. The topological polar surface area (TPSA) is 52.0 Å². The van der Waals surface area contributed by atoms with Crippen LogP contribution in [0.4, 0.5) is 5.82 Å². The number of hydrogen-bond acceptors (Lipinski definition) is 3. The van der Waals surface area contributed by atoms with Gasteiger partial charge in [-0.25, -0.2) is 4.98 Å². The molecule has 0 aliphatic heterocycles. The molecule has 2 rings (SSSR count). The van der Waals surface area contributed by atoms with E-state index in [2.05, 4.69) is 4.98 Å². The van der Waals surface area contributed by atoms with Crippen molar-refractivity contribution in [1.82, 2.24) is 4.98 Å². The van der Waals surface area contributed by atoms with Crippen LogP contribution in [0, 0.1) is 6.92 Å². The first-order valence-corrected chi connectivity index (χ1v) is 4.03. The van der Waals surface area contributed by atoms with E-state index in [-0.39, 0.29) is 0 Å². The highest BCUT2D eigenvalue weighted by molar-refractivity contribution is 5.65. The average Bonchev–Trinajstić information content (AvgIpc) is 2.56. The largest absolute Gasteiger partial charge is 0.472 e. The zero-order chi connectivity index (χ0) is 9.26. The Bertz CT molecular complexity index is 407. The lowest BCUT2D eigenvalue weighted by molar-refractivity contribution is 0.568. The SMILES string of the molecule is Cc1nc(N)ccc1-c1ccoc1. The summed E-state index contributed by atoms with van der Waals surface area (Å²) >= 11 is 0. The molecule has 66 valence electrons. The average molecular weight is 174 g/mol. The van der Waals surface area contributed by atoms with Crippen LogP contribution in [0.25, 0.3) is 11.1 Å². The third-order valence-corrected chi connectivity index (χ3v) is 1.94. The smallest absolute Gasteiger partial charge is 0.123 e. The molecule has 3 heteroatoms. The standard InChI is InChI=1S/C10H10N2O/c1-7-9(2-3-10(11)12-7)8-4-5-13-6-8/h2-6H,1H3,(H2,11,12). The molecule has 2 aromatic rings. The minimum atomic E-state index is 0.546. The van der Waals surface area contributed by atoms with Crippen molar-refractivity contribution < 1.29 is 4.42 Å². The molecule has 0 saturated carbocycles. The predicted molar refractivity (Wildman–Crippen MR) is 51.1 cm³/mol. The van der Waals surface area contributed by atoms with Crippen LogP contribution < -0.4 is 5.73 Å². The van der Waals surface area contributed by atoms with Gasteiger partial charge in [0.05, 0.1) is 12.5 Å². The summed E-state index contributed by atoms with van der Waals surface area (Å²) in [6, 6.07) is 5.64. The minimum absolute atomic E-state index is 0.546. The second-order valence-corrected chi connectivity index (χ2v) is 2.88. The third-order valence-electron chi connectivity index (χ3n) is 1.94. The Labute approximate surface area is 76.2 Å². The normalized spacial score (nSPS) is 10.2. The van der Waals surface area contributed by atoms with Crippen molar-refractivity contribution in [3.05, 3.63) is 36.4 Å². The lowest BCUT2D eigenvalue weighted by Crippen LogP contribution is -1.93. The maximum atomic E-state index is 5.55. The summed E-state index contributed by atoms with van der Waals surface area (Å²) in [6.45, 7) is 1.93. The van der Waals surface area contributed by atoms with Gasteiger partial charge in [0.2, 0.25) is 0 Å². The number of pyridine rings is 1. The Morgan fingerprint density at radius 1 is 1.31 bits per heavy atom. The number of furan rings is 1. The first-order valence-electron chi connectivity index (χ1n) is 4.03. The van der Waals surface area contributed by atoms with Crippen molar-refractivity contribution in [2.24, 2.45) is 0 Å². The van der Waals surface area contributed by atoms with E-state index in [9.17, 15) is 0 Å². The number of nitrogens with two attached hydrogens (primary N) is 1. The Kier molecular flexibility index (Phi) is 1.77. The van der Waals surface area contributed by atoms with Gasteiger partial charge < -0.3 is 10.2 Å². The molecule has 2 heterocycles. The second-order valence-electron chi connectivity index (χ2n) is 2.88. The number of rotatable bonds is 1. The van der Waals surface area contributed by atoms with E-state index in [1.165, 1.54) is 0 Å². The fourth-order valence-electron chi connectivity index (χ4n) is 1.30. The fourth-order valence-corrected chi connectivity index (χ4v) is 1.30. The summed E-state index contributed by atoms with van der Waals surface area (Å²) in [5.41, 5.74) is 8.56. The van der Waals surface area contributed by atoms with Gasteiger partial charge in [0.25, 0.3) is 0 Å². The molecule has 0 radical (unpaired) electrons. The van der Waals surface area contributed by atoms with Gasteiger partial charge in [0, 0.05) is 16.8 Å². The molecule has 0 bridgehead atoms. The predicted octanol–water partition coefficient (Wildman–Crippen LogP) is 2.23. The van der Waals surface area contributed by atoms with Crippen LogP contribution in [0.2, 0.25) is 0 Å². The van der Waals surface area contributed by atoms with E-state index in [1.807, 2.05) is 19.1 Å². The van der Waals surface area contributed by atoms with Gasteiger partial charge in [-0.1, -0.05) is 0 Å². The molecule has 0 fully saturated rings. The second kappa shape index (κ2) is 2.94. The third kappa shape index (κ3) is 1.40. The van der Waals surface area contributed by atoms with Crippen molar-refractivity contribution >= 4 is 5.82 Å². The summed E-state index contributed by atoms with van der Waals surface area (Å²) in [5, 5.41) is 0. The van der Waals surface area contributed by atoms with E-state index in [0.29, 0.717) is 5.82 Å². The van der Waals surface area contributed by atoms with Gasteiger partial charge in [-0.15, -0.1) is 0 Å². The Morgan fingerprint density at radius 2 is 2.15 bits per heavy atom. The van der Waals surface area contributed by atoms with Crippen LogP contribution in [-0.2, 0) is 0 Å². The van der Waals surface area contributed by atoms with Crippen LogP contribution in [0.1, 0.15) is 5.69 Å². The highest BCUT2D eigenvalue weighted by atomic mass is 16.3. The molecular weight excluding hydrogens is 164 g/mol. The molecule has 13 heavy (non-hydrogen) atoms. The molecular formula is C10H10N2O. The Morgan fingerprint density at radius 3 is 2.77 bits per heavy atom. The number of aromatic nitrogens is 1. The van der Waals surface area contributed by atoms with Crippen LogP contribution >= 0.6 is 0 Å². The quantitative estimate of drug-likeness (QED) is 0.721. The minimum Gasteiger partial charge on any atom is -0.472 e. The van der Waals surface area contributed by atoms with Crippen molar-refractivity contribution in [2.75, 3.05) is 5.73 Å². The maximum absolute atomic E-state index is 5.55. The lowest BCUT2D eigenvalue weighted by Gasteiger charge is -2.02. The van der Waals surface area contributed by atoms with Crippen molar-refractivity contribution in [2.45, 2.75) is 6.92 Å². The summed E-state index contributed by atoms with van der Waals surface area (Å²) in [5.74, 6) is 0.546. The molecule has 0 atom stereocenters. The lowest BCUT2D eigenvalue weighted by atomic mass is 10.1. The van der Waals surface area contributed by atoms with E-state index in [4.69, 9.17) is 10.2 Å². The molecule has 0 aliphatic carbocycles. The van der Waals surface area contributed by atoms with Gasteiger partial charge in [-0.2, -0.15) is 0 Å². The van der Waals surface area contributed by atoms with E-state index >= 15 is 0 Å². The van der Waals surface area contributed by atoms with E-state index in [1.54, 1.807) is 18.6 Å². The fraction of sp³-hybridized carbons (Fsp3) is 0.100. The van der Waals surface area contributed by atoms with Crippen molar-refractivity contribution in [1.29, 1.82) is 0 Å². The van der Waals surface area contributed by atoms with Gasteiger partial charge in [-0.3, -0.25) is 0 Å². The summed E-state index contributed by atoms with van der Waals surface area (Å²) in [7, 11) is 0. The highest BCUT2D eigenvalue weighted by Crippen LogP contribution is 2.22. The number of nitrogens with zero attached hydrogens (tertiary/aromatic N) is 1. The van der Waals surface area contributed by atoms with E-state index < -0.39 is 0 Å². The maximum Gasteiger partial charge on any atom is 0.123 e. The molecule has 0 saturated heterocycles. The van der Waals surface area contributed by atoms with Gasteiger partial charge in [-0.05, 0) is 25.1 Å². The monoisotopic (exact) mass is 174 g/mol. The van der Waals surface area contributed by atoms with Crippen LogP contribution in [-0.4, -0.2) is 4.98 Å². The molecule has 0 aliphatic rings. The summed E-state index contributed by atoms with van der Waals surface area (Å²) < 4.78 is 5.00. The van der Waals surface area contributed by atoms with Gasteiger partial charge in [0.15, 0.2) is 0 Å². The molecule has 0 unspecified atom stereocenters. The van der Waals surface area contributed by atoms with Crippen LogP contribution in [0.15, 0.2) is 35.1 Å². The molecule has 3 nitrogen and oxygen atoms in total. The van der Waals surface area contributed by atoms with Crippen molar-refractivity contribution in [3.8, 4) is 11.1 Å². The summed E-state index contributed by atoms with van der Waals surface area (Å²) in [4.78, 5) is 4.17. The zero-order valence-corrected chi connectivity index (χ0v) is 7.32.